The second-order valence-corrected chi connectivity index (χ2v) is 6.54. The standard InChI is InChI=1S/C20H15F5N2O4/c1-9-12(7-15(28)26-2)16-14(8-13(21)18(29)17(16)22)27(9)19(30)10-3-5-11(6-4-10)31-20(23,24)25/h3-6,8,29H,7H2,1-2H3,(H,26,28). The Balaban J connectivity index is 2.16. The molecule has 0 atom stereocenters. The summed E-state index contributed by atoms with van der Waals surface area (Å²) in [7, 11) is 1.35. The second kappa shape index (κ2) is 7.89. The van der Waals surface area contributed by atoms with E-state index in [0.29, 0.717) is 0 Å². The fourth-order valence-electron chi connectivity index (χ4n) is 3.21. The third-order valence-corrected chi connectivity index (χ3v) is 4.64. The normalized spacial score (nSPS) is 11.6. The van der Waals surface area contributed by atoms with E-state index < -0.39 is 41.3 Å². The highest BCUT2D eigenvalue weighted by molar-refractivity contribution is 6.05. The van der Waals surface area contributed by atoms with Gasteiger partial charge in [0.1, 0.15) is 5.75 Å². The van der Waals surface area contributed by atoms with Crippen LogP contribution in [-0.4, -0.2) is 34.9 Å². The number of carbonyl (C=O) groups excluding carboxylic acids is 2. The van der Waals surface area contributed by atoms with Crippen molar-refractivity contribution in [2.24, 2.45) is 0 Å². The smallest absolute Gasteiger partial charge is 0.503 e. The fourth-order valence-corrected chi connectivity index (χ4v) is 3.21. The number of alkyl halides is 3. The predicted molar refractivity (Wildman–Crippen MR) is 98.9 cm³/mol. The van der Waals surface area contributed by atoms with E-state index in [1.165, 1.54) is 14.0 Å². The summed E-state index contributed by atoms with van der Waals surface area (Å²) in [5.74, 6) is -5.81. The van der Waals surface area contributed by atoms with Gasteiger partial charge in [0.2, 0.25) is 5.91 Å². The summed E-state index contributed by atoms with van der Waals surface area (Å²) in [6.45, 7) is 1.39. The number of carbonyl (C=O) groups is 2. The zero-order chi connectivity index (χ0) is 23.1. The van der Waals surface area contributed by atoms with Crippen LogP contribution in [0.15, 0.2) is 30.3 Å². The maximum Gasteiger partial charge on any atom is 0.573 e. The molecule has 0 spiro atoms. The number of benzene rings is 2. The first-order valence-electron chi connectivity index (χ1n) is 8.76. The lowest BCUT2D eigenvalue weighted by molar-refractivity contribution is -0.274. The number of fused-ring (bicyclic) bond motifs is 1. The van der Waals surface area contributed by atoms with Crippen LogP contribution in [-0.2, 0) is 11.2 Å². The summed E-state index contributed by atoms with van der Waals surface area (Å²) >= 11 is 0. The summed E-state index contributed by atoms with van der Waals surface area (Å²) in [6, 6.07) is 4.69. The average Bonchev–Trinajstić information content (AvgIpc) is 2.96. The zero-order valence-electron chi connectivity index (χ0n) is 16.1. The quantitative estimate of drug-likeness (QED) is 0.603. The first-order chi connectivity index (χ1) is 14.4. The molecule has 3 rings (SSSR count). The molecule has 2 aromatic carbocycles. The van der Waals surface area contributed by atoms with Crippen LogP contribution in [0.4, 0.5) is 22.0 Å². The van der Waals surface area contributed by atoms with E-state index in [9.17, 15) is 36.6 Å². The lowest BCUT2D eigenvalue weighted by Gasteiger charge is -2.11. The lowest BCUT2D eigenvalue weighted by atomic mass is 10.1. The summed E-state index contributed by atoms with van der Waals surface area (Å²) in [6.07, 6.45) is -5.27. The summed E-state index contributed by atoms with van der Waals surface area (Å²) in [4.78, 5) is 24.9. The highest BCUT2D eigenvalue weighted by atomic mass is 19.4. The number of hydrogen-bond donors (Lipinski definition) is 2. The van der Waals surface area contributed by atoms with Crippen molar-refractivity contribution in [3.8, 4) is 11.5 Å². The van der Waals surface area contributed by atoms with Crippen molar-refractivity contribution in [1.29, 1.82) is 0 Å². The summed E-state index contributed by atoms with van der Waals surface area (Å²) in [5.41, 5.74) is -0.199. The number of rotatable bonds is 4. The van der Waals surface area contributed by atoms with E-state index in [-0.39, 0.29) is 34.1 Å². The lowest BCUT2D eigenvalue weighted by Crippen LogP contribution is -2.21. The molecule has 31 heavy (non-hydrogen) atoms. The molecule has 3 aromatic rings. The minimum atomic E-state index is -4.91. The second-order valence-electron chi connectivity index (χ2n) is 6.54. The van der Waals surface area contributed by atoms with Gasteiger partial charge in [-0.15, -0.1) is 13.2 Å². The number of aromatic nitrogens is 1. The van der Waals surface area contributed by atoms with Crippen LogP contribution in [0, 0.1) is 18.6 Å². The van der Waals surface area contributed by atoms with Crippen molar-refractivity contribution in [2.75, 3.05) is 7.05 Å². The fraction of sp³-hybridized carbons (Fsp3) is 0.200. The largest absolute Gasteiger partial charge is 0.573 e. The molecular formula is C20H15F5N2O4. The molecule has 0 aliphatic carbocycles. The highest BCUT2D eigenvalue weighted by Gasteiger charge is 2.31. The van der Waals surface area contributed by atoms with Crippen LogP contribution in [0.2, 0.25) is 0 Å². The number of aromatic hydroxyl groups is 1. The number of phenols is 1. The first-order valence-corrected chi connectivity index (χ1v) is 8.76. The van der Waals surface area contributed by atoms with E-state index in [0.717, 1.165) is 34.9 Å². The Hall–Kier alpha value is -3.63. The number of hydrogen-bond acceptors (Lipinski definition) is 4. The molecule has 0 aliphatic heterocycles. The first kappa shape index (κ1) is 22.1. The molecule has 1 amide bonds. The van der Waals surface area contributed by atoms with Gasteiger partial charge >= 0.3 is 6.36 Å². The monoisotopic (exact) mass is 442 g/mol. The van der Waals surface area contributed by atoms with Gasteiger partial charge in [-0.25, -0.2) is 8.78 Å². The van der Waals surface area contributed by atoms with Crippen LogP contribution in [0.3, 0.4) is 0 Å². The minimum absolute atomic E-state index is 0.0486. The van der Waals surface area contributed by atoms with Gasteiger partial charge in [-0.3, -0.25) is 14.2 Å². The van der Waals surface area contributed by atoms with Crippen molar-refractivity contribution < 1.29 is 41.4 Å². The Kier molecular flexibility index (Phi) is 5.62. The van der Waals surface area contributed by atoms with Gasteiger partial charge in [0.15, 0.2) is 17.4 Å². The maximum absolute atomic E-state index is 14.7. The van der Waals surface area contributed by atoms with Crippen molar-refractivity contribution in [1.82, 2.24) is 9.88 Å². The van der Waals surface area contributed by atoms with Gasteiger partial charge in [-0.05, 0) is 36.8 Å². The predicted octanol–water partition coefficient (Wildman–Crippen LogP) is 3.81. The average molecular weight is 442 g/mol. The molecule has 0 unspecified atom stereocenters. The molecule has 0 saturated carbocycles. The summed E-state index contributed by atoms with van der Waals surface area (Å²) < 4.78 is 70.3. The van der Waals surface area contributed by atoms with Crippen LogP contribution in [0.1, 0.15) is 21.6 Å². The van der Waals surface area contributed by atoms with E-state index in [1.54, 1.807) is 0 Å². The van der Waals surface area contributed by atoms with Crippen molar-refractivity contribution >= 4 is 22.7 Å². The van der Waals surface area contributed by atoms with E-state index in [4.69, 9.17) is 0 Å². The SMILES string of the molecule is CNC(=O)Cc1c(C)n(C(=O)c2ccc(OC(F)(F)F)cc2)c2cc(F)c(O)c(F)c12. The van der Waals surface area contributed by atoms with Crippen LogP contribution < -0.4 is 10.1 Å². The number of ether oxygens (including phenoxy) is 1. The Morgan fingerprint density at radius 1 is 1.16 bits per heavy atom. The Labute approximate surface area is 171 Å². The number of halogens is 5. The van der Waals surface area contributed by atoms with Crippen molar-refractivity contribution in [2.45, 2.75) is 19.7 Å². The molecule has 6 nitrogen and oxygen atoms in total. The maximum atomic E-state index is 14.7. The number of amides is 1. The van der Waals surface area contributed by atoms with Crippen molar-refractivity contribution in [3.05, 3.63) is 58.8 Å². The van der Waals surface area contributed by atoms with Crippen LogP contribution in [0.5, 0.6) is 11.5 Å². The number of likely N-dealkylation sites (N-methyl/N-ethyl adjacent to an activating group) is 1. The van der Waals surface area contributed by atoms with Crippen molar-refractivity contribution in [3.63, 3.8) is 0 Å². The molecule has 0 radical (unpaired) electrons. The van der Waals surface area contributed by atoms with Gasteiger partial charge < -0.3 is 15.2 Å². The van der Waals surface area contributed by atoms with Gasteiger partial charge in [-0.1, -0.05) is 0 Å². The number of nitrogens with one attached hydrogen (secondary N) is 1. The molecule has 164 valence electrons. The molecule has 0 aliphatic rings. The minimum Gasteiger partial charge on any atom is -0.503 e. The van der Waals surface area contributed by atoms with Crippen LogP contribution in [0.25, 0.3) is 10.9 Å². The molecule has 0 bridgehead atoms. The Morgan fingerprint density at radius 3 is 2.32 bits per heavy atom. The van der Waals surface area contributed by atoms with Gasteiger partial charge in [-0.2, -0.15) is 0 Å². The molecule has 11 heteroatoms. The van der Waals surface area contributed by atoms with E-state index in [1.807, 2.05) is 0 Å². The Morgan fingerprint density at radius 2 is 1.77 bits per heavy atom. The molecule has 2 N–H and O–H groups in total. The van der Waals surface area contributed by atoms with E-state index >= 15 is 0 Å². The van der Waals surface area contributed by atoms with Gasteiger partial charge in [0.05, 0.1) is 11.9 Å². The molecular weight excluding hydrogens is 427 g/mol. The van der Waals surface area contributed by atoms with Crippen LogP contribution >= 0.6 is 0 Å². The molecule has 0 fully saturated rings. The third kappa shape index (κ3) is 4.16. The van der Waals surface area contributed by atoms with Gasteiger partial charge in [0, 0.05) is 29.8 Å². The molecule has 0 saturated heterocycles. The topological polar surface area (TPSA) is 80.6 Å². The Bertz CT molecular complexity index is 1180. The highest BCUT2D eigenvalue weighted by Crippen LogP contribution is 2.35. The summed E-state index contributed by atoms with van der Waals surface area (Å²) in [5, 5.41) is 11.7. The molecule has 1 heterocycles. The number of phenolic OH excluding ortho intramolecular Hbond substituents is 1. The third-order valence-electron chi connectivity index (χ3n) is 4.64. The number of nitrogens with zero attached hydrogens (tertiary/aromatic N) is 1. The zero-order valence-corrected chi connectivity index (χ0v) is 16.1. The molecule has 1 aromatic heterocycles. The van der Waals surface area contributed by atoms with Gasteiger partial charge in [0.25, 0.3) is 5.91 Å². The van der Waals surface area contributed by atoms with E-state index in [2.05, 4.69) is 10.1 Å².